The van der Waals surface area contributed by atoms with Crippen LogP contribution in [0, 0.1) is 0 Å². The van der Waals surface area contributed by atoms with Gasteiger partial charge in [0.15, 0.2) is 0 Å². The summed E-state index contributed by atoms with van der Waals surface area (Å²) >= 11 is 1.82. The van der Waals surface area contributed by atoms with Gasteiger partial charge in [-0.2, -0.15) is 11.8 Å². The van der Waals surface area contributed by atoms with Crippen molar-refractivity contribution in [2.24, 2.45) is 0 Å². The minimum Gasteiger partial charge on any atom is -0.477 e. The summed E-state index contributed by atoms with van der Waals surface area (Å²) in [6, 6.07) is 3.50. The summed E-state index contributed by atoms with van der Waals surface area (Å²) in [5.74, 6) is -0.171. The van der Waals surface area contributed by atoms with E-state index in [4.69, 9.17) is 9.84 Å². The van der Waals surface area contributed by atoms with Gasteiger partial charge in [-0.1, -0.05) is 0 Å². The van der Waals surface area contributed by atoms with Gasteiger partial charge in [-0.05, 0) is 31.0 Å². The molecule has 92 valence electrons. The van der Waals surface area contributed by atoms with Crippen LogP contribution in [0.5, 0.6) is 0 Å². The molecule has 4 nitrogen and oxygen atoms in total. The highest BCUT2D eigenvalue weighted by Crippen LogP contribution is 2.28. The Kier molecular flexibility index (Phi) is 4.02. The van der Waals surface area contributed by atoms with E-state index in [0.717, 1.165) is 24.3 Å². The Morgan fingerprint density at radius 2 is 2.53 bits per heavy atom. The molecule has 1 aromatic heterocycles. The highest BCUT2D eigenvalue weighted by atomic mass is 32.2. The number of nitrogens with zero attached hydrogens (tertiary/aromatic N) is 1. The van der Waals surface area contributed by atoms with E-state index < -0.39 is 5.97 Å². The van der Waals surface area contributed by atoms with Crippen molar-refractivity contribution in [3.63, 3.8) is 0 Å². The average Bonchev–Trinajstić information content (AvgIpc) is 2.72. The molecule has 2 unspecified atom stereocenters. The van der Waals surface area contributed by atoms with Gasteiger partial charge in [0.2, 0.25) is 0 Å². The molecule has 0 spiro atoms. The van der Waals surface area contributed by atoms with Gasteiger partial charge in [-0.25, -0.2) is 9.78 Å². The number of carbonyl (C=O) groups is 1. The molecule has 2 rings (SSSR count). The standard InChI is InChI=1S/C12H15NO3S/c1-8-11(3-5-16-8)17-7-9-2-4-13-10(6-9)12(14)15/h2,4,6,8,11H,3,5,7H2,1H3,(H,14,15). The van der Waals surface area contributed by atoms with E-state index in [2.05, 4.69) is 11.9 Å². The number of hydrogen-bond donors (Lipinski definition) is 1. The van der Waals surface area contributed by atoms with Crippen LogP contribution >= 0.6 is 11.8 Å². The second-order valence-corrected chi connectivity index (χ2v) is 5.30. The van der Waals surface area contributed by atoms with E-state index >= 15 is 0 Å². The normalized spacial score (nSPS) is 23.8. The van der Waals surface area contributed by atoms with Crippen LogP contribution < -0.4 is 0 Å². The van der Waals surface area contributed by atoms with Crippen molar-refractivity contribution >= 4 is 17.7 Å². The minimum absolute atomic E-state index is 0.110. The zero-order chi connectivity index (χ0) is 12.3. The van der Waals surface area contributed by atoms with Crippen LogP contribution in [-0.4, -0.2) is 34.0 Å². The summed E-state index contributed by atoms with van der Waals surface area (Å²) < 4.78 is 5.49. The van der Waals surface area contributed by atoms with Gasteiger partial charge >= 0.3 is 5.97 Å². The number of hydrogen-bond acceptors (Lipinski definition) is 4. The predicted molar refractivity (Wildman–Crippen MR) is 66.3 cm³/mol. The zero-order valence-electron chi connectivity index (χ0n) is 9.63. The van der Waals surface area contributed by atoms with Gasteiger partial charge in [0.05, 0.1) is 6.10 Å². The number of aromatic nitrogens is 1. The average molecular weight is 253 g/mol. The molecule has 0 amide bonds. The Morgan fingerprint density at radius 3 is 3.18 bits per heavy atom. The second kappa shape index (κ2) is 5.51. The third-order valence-electron chi connectivity index (χ3n) is 2.81. The minimum atomic E-state index is -0.977. The van der Waals surface area contributed by atoms with Gasteiger partial charge in [0.1, 0.15) is 5.69 Å². The molecule has 2 heterocycles. The van der Waals surface area contributed by atoms with Crippen LogP contribution in [-0.2, 0) is 10.5 Å². The molecule has 1 N–H and O–H groups in total. The molecular weight excluding hydrogens is 238 g/mol. The molecule has 1 fully saturated rings. The van der Waals surface area contributed by atoms with Crippen molar-refractivity contribution in [1.29, 1.82) is 0 Å². The summed E-state index contributed by atoms with van der Waals surface area (Å²) in [5.41, 5.74) is 1.11. The molecule has 0 aromatic carbocycles. The van der Waals surface area contributed by atoms with E-state index in [1.165, 1.54) is 0 Å². The van der Waals surface area contributed by atoms with Crippen molar-refractivity contribution in [2.75, 3.05) is 6.61 Å². The largest absolute Gasteiger partial charge is 0.477 e. The monoisotopic (exact) mass is 253 g/mol. The summed E-state index contributed by atoms with van der Waals surface area (Å²) in [6.07, 6.45) is 2.91. The Labute approximate surface area is 104 Å². The van der Waals surface area contributed by atoms with Crippen LogP contribution in [0.15, 0.2) is 18.3 Å². The highest BCUT2D eigenvalue weighted by Gasteiger charge is 2.24. The Morgan fingerprint density at radius 1 is 1.71 bits per heavy atom. The van der Waals surface area contributed by atoms with Crippen molar-refractivity contribution in [3.05, 3.63) is 29.6 Å². The highest BCUT2D eigenvalue weighted by molar-refractivity contribution is 7.99. The second-order valence-electron chi connectivity index (χ2n) is 4.07. The third-order valence-corrected chi connectivity index (χ3v) is 4.36. The van der Waals surface area contributed by atoms with Crippen molar-refractivity contribution in [3.8, 4) is 0 Å². The van der Waals surface area contributed by atoms with Crippen LogP contribution in [0.4, 0.5) is 0 Å². The van der Waals surface area contributed by atoms with Crippen LogP contribution in [0.1, 0.15) is 29.4 Å². The van der Waals surface area contributed by atoms with Gasteiger partial charge in [-0.15, -0.1) is 0 Å². The lowest BCUT2D eigenvalue weighted by Gasteiger charge is -2.13. The fourth-order valence-corrected chi connectivity index (χ4v) is 3.01. The summed E-state index contributed by atoms with van der Waals surface area (Å²) in [6.45, 7) is 2.91. The number of carboxylic acids is 1. The Bertz CT molecular complexity index is 410. The topological polar surface area (TPSA) is 59.4 Å². The van der Waals surface area contributed by atoms with Crippen LogP contribution in [0.3, 0.4) is 0 Å². The summed E-state index contributed by atoms with van der Waals surface area (Å²) in [5, 5.41) is 9.35. The number of aromatic carboxylic acids is 1. The molecule has 1 aliphatic heterocycles. The maximum Gasteiger partial charge on any atom is 0.354 e. The van der Waals surface area contributed by atoms with Gasteiger partial charge in [-0.3, -0.25) is 0 Å². The van der Waals surface area contributed by atoms with E-state index in [9.17, 15) is 4.79 Å². The van der Waals surface area contributed by atoms with Crippen molar-refractivity contribution in [2.45, 2.75) is 30.5 Å². The first-order valence-corrected chi connectivity index (χ1v) is 6.63. The Hall–Kier alpha value is -1.07. The molecule has 1 aromatic rings. The third kappa shape index (κ3) is 3.20. The predicted octanol–water partition coefficient (Wildman–Crippen LogP) is 2.19. The molecule has 2 atom stereocenters. The molecule has 0 radical (unpaired) electrons. The van der Waals surface area contributed by atoms with E-state index in [1.807, 2.05) is 17.8 Å². The number of ether oxygens (including phenoxy) is 1. The van der Waals surface area contributed by atoms with Crippen molar-refractivity contribution < 1.29 is 14.6 Å². The molecule has 17 heavy (non-hydrogen) atoms. The van der Waals surface area contributed by atoms with E-state index in [0.29, 0.717) is 11.4 Å². The fourth-order valence-electron chi connectivity index (χ4n) is 1.82. The molecule has 0 bridgehead atoms. The summed E-state index contributed by atoms with van der Waals surface area (Å²) in [7, 11) is 0. The lowest BCUT2D eigenvalue weighted by Crippen LogP contribution is -2.13. The molecule has 0 saturated carbocycles. The summed E-state index contributed by atoms with van der Waals surface area (Å²) in [4.78, 5) is 14.6. The number of rotatable bonds is 4. The van der Waals surface area contributed by atoms with Crippen LogP contribution in [0.2, 0.25) is 0 Å². The molecule has 0 aliphatic carbocycles. The maximum atomic E-state index is 10.8. The first-order chi connectivity index (χ1) is 8.16. The van der Waals surface area contributed by atoms with Crippen LogP contribution in [0.25, 0.3) is 0 Å². The SMILES string of the molecule is CC1OCCC1SCc1ccnc(C(=O)O)c1. The zero-order valence-corrected chi connectivity index (χ0v) is 10.4. The van der Waals surface area contributed by atoms with Gasteiger partial charge in [0.25, 0.3) is 0 Å². The van der Waals surface area contributed by atoms with Gasteiger partial charge < -0.3 is 9.84 Å². The lowest BCUT2D eigenvalue weighted by atomic mass is 10.2. The molecular formula is C12H15NO3S. The number of pyridine rings is 1. The van der Waals surface area contributed by atoms with Crippen molar-refractivity contribution in [1.82, 2.24) is 4.98 Å². The smallest absolute Gasteiger partial charge is 0.354 e. The molecule has 5 heteroatoms. The molecule has 1 aliphatic rings. The first kappa shape index (κ1) is 12.4. The number of thioether (sulfide) groups is 1. The maximum absolute atomic E-state index is 10.8. The Balaban J connectivity index is 1.94. The van der Waals surface area contributed by atoms with E-state index in [-0.39, 0.29) is 5.69 Å². The quantitative estimate of drug-likeness (QED) is 0.891. The first-order valence-electron chi connectivity index (χ1n) is 5.58. The fraction of sp³-hybridized carbons (Fsp3) is 0.500. The molecule has 1 saturated heterocycles. The lowest BCUT2D eigenvalue weighted by molar-refractivity contribution is 0.0690. The number of carboxylic acid groups (broad SMARTS) is 1. The van der Waals surface area contributed by atoms with E-state index in [1.54, 1.807) is 12.3 Å². The van der Waals surface area contributed by atoms with Gasteiger partial charge in [0, 0.05) is 23.8 Å².